The molecular formula is C21H22N2O2S. The van der Waals surface area contributed by atoms with Crippen LogP contribution in [-0.2, 0) is 0 Å². The van der Waals surface area contributed by atoms with Gasteiger partial charge in [-0.05, 0) is 69.5 Å². The van der Waals surface area contributed by atoms with Crippen molar-refractivity contribution in [3.05, 3.63) is 64.2 Å². The van der Waals surface area contributed by atoms with Crippen molar-refractivity contribution < 1.29 is 9.21 Å². The quantitative estimate of drug-likeness (QED) is 0.451. The maximum absolute atomic E-state index is 12.8. The van der Waals surface area contributed by atoms with Gasteiger partial charge >= 0.3 is 0 Å². The molecule has 1 aromatic heterocycles. The van der Waals surface area contributed by atoms with Crippen LogP contribution in [0.1, 0.15) is 39.5 Å². The van der Waals surface area contributed by atoms with Crippen molar-refractivity contribution in [3.63, 3.8) is 0 Å². The van der Waals surface area contributed by atoms with Crippen LogP contribution in [0.15, 0.2) is 46.0 Å². The van der Waals surface area contributed by atoms with Gasteiger partial charge in [0.1, 0.15) is 0 Å². The molecule has 2 aromatic carbocycles. The van der Waals surface area contributed by atoms with E-state index in [2.05, 4.69) is 24.0 Å². The van der Waals surface area contributed by atoms with E-state index in [0.29, 0.717) is 11.1 Å². The number of aromatic nitrogens is 2. The number of rotatable bonds is 5. The van der Waals surface area contributed by atoms with Crippen molar-refractivity contribution in [3.8, 4) is 11.5 Å². The molecule has 0 fully saturated rings. The van der Waals surface area contributed by atoms with Crippen LogP contribution in [0.4, 0.5) is 0 Å². The summed E-state index contributed by atoms with van der Waals surface area (Å²) in [6.45, 7) is 9.93. The lowest BCUT2D eigenvalue weighted by atomic mass is 10.0. The average Bonchev–Trinajstić information content (AvgIpc) is 3.07. The molecule has 0 aliphatic heterocycles. The third-order valence-corrected chi connectivity index (χ3v) is 5.40. The second-order valence-electron chi connectivity index (χ2n) is 6.61. The van der Waals surface area contributed by atoms with E-state index in [1.54, 1.807) is 0 Å². The summed E-state index contributed by atoms with van der Waals surface area (Å²) in [5.41, 5.74) is 6.09. The van der Waals surface area contributed by atoms with Gasteiger partial charge in [-0.25, -0.2) is 0 Å². The van der Waals surface area contributed by atoms with Crippen LogP contribution in [0, 0.1) is 27.7 Å². The first-order chi connectivity index (χ1) is 12.3. The number of ketones is 1. The van der Waals surface area contributed by atoms with Gasteiger partial charge in [-0.3, -0.25) is 4.79 Å². The number of Topliss-reactive ketones (excluding diaryl/α,β-unsaturated/α-hetero) is 1. The minimum Gasteiger partial charge on any atom is -0.411 e. The number of carbonyl (C=O) groups is 1. The van der Waals surface area contributed by atoms with Crippen molar-refractivity contribution in [1.82, 2.24) is 10.2 Å². The van der Waals surface area contributed by atoms with Crippen LogP contribution in [0.25, 0.3) is 11.5 Å². The van der Waals surface area contributed by atoms with Gasteiger partial charge in [0.05, 0.1) is 5.25 Å². The molecular weight excluding hydrogens is 344 g/mol. The first kappa shape index (κ1) is 18.4. The van der Waals surface area contributed by atoms with E-state index >= 15 is 0 Å². The number of hydrogen-bond donors (Lipinski definition) is 0. The van der Waals surface area contributed by atoms with Gasteiger partial charge in [0.15, 0.2) is 5.78 Å². The summed E-state index contributed by atoms with van der Waals surface area (Å²) in [5, 5.41) is 8.32. The molecule has 0 amide bonds. The predicted octanol–water partition coefficient (Wildman–Crippen LogP) is 5.33. The highest BCUT2D eigenvalue weighted by atomic mass is 32.2. The van der Waals surface area contributed by atoms with E-state index in [-0.39, 0.29) is 11.0 Å². The van der Waals surface area contributed by atoms with Gasteiger partial charge < -0.3 is 4.42 Å². The summed E-state index contributed by atoms with van der Waals surface area (Å²) in [4.78, 5) is 12.8. The van der Waals surface area contributed by atoms with E-state index in [1.165, 1.54) is 22.9 Å². The van der Waals surface area contributed by atoms with Crippen molar-refractivity contribution in [2.24, 2.45) is 0 Å². The Morgan fingerprint density at radius 3 is 2.42 bits per heavy atom. The molecule has 0 aliphatic carbocycles. The normalized spacial score (nSPS) is 12.2. The number of thioether (sulfide) groups is 1. The largest absolute Gasteiger partial charge is 0.411 e. The molecule has 1 heterocycles. The second kappa shape index (κ2) is 7.46. The van der Waals surface area contributed by atoms with E-state index < -0.39 is 0 Å². The fraction of sp³-hybridized carbons (Fsp3) is 0.286. The molecule has 4 nitrogen and oxygen atoms in total. The molecule has 1 atom stereocenters. The second-order valence-corrected chi connectivity index (χ2v) is 7.91. The summed E-state index contributed by atoms with van der Waals surface area (Å²) in [7, 11) is 0. The van der Waals surface area contributed by atoms with E-state index in [0.717, 1.165) is 22.3 Å². The maximum atomic E-state index is 12.8. The minimum atomic E-state index is -0.302. The fourth-order valence-electron chi connectivity index (χ4n) is 2.67. The molecule has 0 saturated heterocycles. The van der Waals surface area contributed by atoms with Gasteiger partial charge in [-0.15, -0.1) is 10.2 Å². The first-order valence-corrected chi connectivity index (χ1v) is 9.42. The molecule has 3 aromatic rings. The zero-order valence-electron chi connectivity index (χ0n) is 15.7. The lowest BCUT2D eigenvalue weighted by Gasteiger charge is -2.10. The Bertz CT molecular complexity index is 962. The van der Waals surface area contributed by atoms with Crippen LogP contribution in [0.5, 0.6) is 0 Å². The Kier molecular flexibility index (Phi) is 5.28. The Morgan fingerprint density at radius 2 is 1.69 bits per heavy atom. The summed E-state index contributed by atoms with van der Waals surface area (Å²) in [5.74, 6) is 0.545. The standard InChI is InChI=1S/C21H22N2O2S/c1-12-6-7-14(3)18(10-12)19(24)16(5)26-21-23-22-20(25-21)17-9-8-13(2)15(4)11-17/h6-11,16H,1-5H3. The van der Waals surface area contributed by atoms with Gasteiger partial charge in [0.2, 0.25) is 5.89 Å². The molecule has 0 N–H and O–H groups in total. The monoisotopic (exact) mass is 366 g/mol. The summed E-state index contributed by atoms with van der Waals surface area (Å²) >= 11 is 1.29. The van der Waals surface area contributed by atoms with Crippen molar-refractivity contribution in [2.45, 2.75) is 45.1 Å². The minimum absolute atomic E-state index is 0.0714. The van der Waals surface area contributed by atoms with Gasteiger partial charge in [0.25, 0.3) is 5.22 Å². The van der Waals surface area contributed by atoms with E-state index in [4.69, 9.17) is 4.42 Å². The maximum Gasteiger partial charge on any atom is 0.277 e. The number of hydrogen-bond acceptors (Lipinski definition) is 5. The summed E-state index contributed by atoms with van der Waals surface area (Å²) in [6.07, 6.45) is 0. The average molecular weight is 366 g/mol. The van der Waals surface area contributed by atoms with Gasteiger partial charge in [-0.2, -0.15) is 0 Å². The highest BCUT2D eigenvalue weighted by Gasteiger charge is 2.21. The zero-order valence-corrected chi connectivity index (χ0v) is 16.5. The molecule has 0 radical (unpaired) electrons. The molecule has 5 heteroatoms. The summed E-state index contributed by atoms with van der Waals surface area (Å²) in [6, 6.07) is 12.0. The molecule has 134 valence electrons. The first-order valence-electron chi connectivity index (χ1n) is 8.54. The lowest BCUT2D eigenvalue weighted by molar-refractivity contribution is 0.0993. The number of nitrogens with zero attached hydrogens (tertiary/aromatic N) is 2. The molecule has 3 rings (SSSR count). The molecule has 0 saturated carbocycles. The van der Waals surface area contributed by atoms with Crippen molar-refractivity contribution in [1.29, 1.82) is 0 Å². The zero-order chi connectivity index (χ0) is 18.8. The van der Waals surface area contributed by atoms with E-state index in [9.17, 15) is 4.79 Å². The molecule has 0 aliphatic rings. The van der Waals surface area contributed by atoms with Gasteiger partial charge in [-0.1, -0.05) is 35.5 Å². The lowest BCUT2D eigenvalue weighted by Crippen LogP contribution is -2.15. The third-order valence-electron chi connectivity index (χ3n) is 4.47. The van der Waals surface area contributed by atoms with E-state index in [1.807, 2.05) is 57.2 Å². The highest BCUT2D eigenvalue weighted by molar-refractivity contribution is 8.00. The van der Waals surface area contributed by atoms with Gasteiger partial charge in [0, 0.05) is 11.1 Å². The Labute approximate surface area is 158 Å². The van der Waals surface area contributed by atoms with Crippen LogP contribution in [0.2, 0.25) is 0 Å². The van der Waals surface area contributed by atoms with Crippen LogP contribution in [-0.4, -0.2) is 21.2 Å². The Morgan fingerprint density at radius 1 is 0.962 bits per heavy atom. The number of carbonyl (C=O) groups excluding carboxylic acids is 1. The predicted molar refractivity (Wildman–Crippen MR) is 105 cm³/mol. The topological polar surface area (TPSA) is 56.0 Å². The fourth-order valence-corrected chi connectivity index (χ4v) is 3.43. The van der Waals surface area contributed by atoms with Crippen molar-refractivity contribution >= 4 is 17.5 Å². The van der Waals surface area contributed by atoms with Crippen LogP contribution >= 0.6 is 11.8 Å². The number of benzene rings is 2. The number of aryl methyl sites for hydroxylation is 4. The Balaban J connectivity index is 1.77. The summed E-state index contributed by atoms with van der Waals surface area (Å²) < 4.78 is 5.76. The van der Waals surface area contributed by atoms with Crippen molar-refractivity contribution in [2.75, 3.05) is 0 Å². The highest BCUT2D eigenvalue weighted by Crippen LogP contribution is 2.29. The van der Waals surface area contributed by atoms with Crippen LogP contribution < -0.4 is 0 Å². The smallest absolute Gasteiger partial charge is 0.277 e. The van der Waals surface area contributed by atoms with Crippen LogP contribution in [0.3, 0.4) is 0 Å². The molecule has 0 spiro atoms. The third kappa shape index (κ3) is 3.88. The molecule has 1 unspecified atom stereocenters. The molecule has 26 heavy (non-hydrogen) atoms. The SMILES string of the molecule is Cc1ccc(C)c(C(=O)C(C)Sc2nnc(-c3ccc(C)c(C)c3)o2)c1. The molecule has 0 bridgehead atoms. The Hall–Kier alpha value is -2.40.